The minimum Gasteiger partial charge on any atom is -0.354 e. The minimum atomic E-state index is -0.582. The third-order valence-electron chi connectivity index (χ3n) is 5.77. The normalized spacial score (nSPS) is 11.6. The molecule has 0 aliphatic heterocycles. The van der Waals surface area contributed by atoms with Crippen molar-refractivity contribution in [3.8, 4) is 0 Å². The standard InChI is InChI=1S/C29H34N2O2/c1-3-4-19-30-29(33)27(20-24-11-7-5-8-12-24)31(22-26-17-15-23(2)16-18-26)28(32)21-25-13-9-6-10-14-25/h5-18,27H,3-4,19-22H2,1-2H3,(H,30,33)/t27-/m0/s1. The van der Waals surface area contributed by atoms with Crippen LogP contribution in [0.4, 0.5) is 0 Å². The summed E-state index contributed by atoms with van der Waals surface area (Å²) in [6.45, 7) is 5.15. The fourth-order valence-electron chi connectivity index (χ4n) is 3.82. The van der Waals surface area contributed by atoms with Crippen LogP contribution in [0, 0.1) is 6.92 Å². The van der Waals surface area contributed by atoms with Crippen molar-refractivity contribution in [3.63, 3.8) is 0 Å². The summed E-state index contributed by atoms with van der Waals surface area (Å²) in [5, 5.41) is 3.07. The number of unbranched alkanes of at least 4 members (excludes halogenated alkanes) is 1. The smallest absolute Gasteiger partial charge is 0.243 e. The lowest BCUT2D eigenvalue weighted by Gasteiger charge is -2.32. The highest BCUT2D eigenvalue weighted by Crippen LogP contribution is 2.17. The van der Waals surface area contributed by atoms with E-state index in [1.54, 1.807) is 4.90 Å². The number of nitrogens with zero attached hydrogens (tertiary/aromatic N) is 1. The molecule has 2 amide bonds. The van der Waals surface area contributed by atoms with Crippen molar-refractivity contribution in [2.45, 2.75) is 52.1 Å². The monoisotopic (exact) mass is 442 g/mol. The Balaban J connectivity index is 1.91. The van der Waals surface area contributed by atoms with Gasteiger partial charge in [0.25, 0.3) is 0 Å². The maximum atomic E-state index is 13.6. The van der Waals surface area contributed by atoms with Crippen LogP contribution >= 0.6 is 0 Å². The second-order valence-corrected chi connectivity index (χ2v) is 8.52. The quantitative estimate of drug-likeness (QED) is 0.420. The summed E-state index contributed by atoms with van der Waals surface area (Å²) in [5.41, 5.74) is 4.16. The van der Waals surface area contributed by atoms with E-state index < -0.39 is 6.04 Å². The van der Waals surface area contributed by atoms with E-state index in [0.29, 0.717) is 19.5 Å². The van der Waals surface area contributed by atoms with Crippen molar-refractivity contribution >= 4 is 11.8 Å². The molecule has 0 spiro atoms. The Bertz CT molecular complexity index is 1000. The van der Waals surface area contributed by atoms with Gasteiger partial charge >= 0.3 is 0 Å². The van der Waals surface area contributed by atoms with Crippen LogP contribution in [0.2, 0.25) is 0 Å². The molecule has 3 aromatic carbocycles. The van der Waals surface area contributed by atoms with E-state index >= 15 is 0 Å². The first-order valence-corrected chi connectivity index (χ1v) is 11.8. The molecule has 0 bridgehead atoms. The summed E-state index contributed by atoms with van der Waals surface area (Å²) in [6.07, 6.45) is 2.66. The SMILES string of the molecule is CCCCNC(=O)[C@H](Cc1ccccc1)N(Cc1ccc(C)cc1)C(=O)Cc1ccccc1. The third-order valence-corrected chi connectivity index (χ3v) is 5.77. The number of aryl methyl sites for hydroxylation is 1. The van der Waals surface area contributed by atoms with E-state index in [1.165, 1.54) is 5.56 Å². The van der Waals surface area contributed by atoms with Crippen LogP contribution in [0.15, 0.2) is 84.9 Å². The number of benzene rings is 3. The van der Waals surface area contributed by atoms with Crippen LogP contribution < -0.4 is 5.32 Å². The van der Waals surface area contributed by atoms with Crippen LogP contribution in [-0.2, 0) is 29.0 Å². The number of hydrogen-bond donors (Lipinski definition) is 1. The Hall–Kier alpha value is -3.40. The van der Waals surface area contributed by atoms with Gasteiger partial charge in [0.05, 0.1) is 6.42 Å². The van der Waals surface area contributed by atoms with Crippen molar-refractivity contribution < 1.29 is 9.59 Å². The number of amides is 2. The van der Waals surface area contributed by atoms with Gasteiger partial charge in [0.2, 0.25) is 11.8 Å². The van der Waals surface area contributed by atoms with Crippen LogP contribution in [-0.4, -0.2) is 29.3 Å². The summed E-state index contributed by atoms with van der Waals surface area (Å²) >= 11 is 0. The molecule has 4 heteroatoms. The average molecular weight is 443 g/mol. The molecule has 4 nitrogen and oxygen atoms in total. The molecule has 33 heavy (non-hydrogen) atoms. The summed E-state index contributed by atoms with van der Waals surface area (Å²) in [4.78, 5) is 28.7. The van der Waals surface area contributed by atoms with Gasteiger partial charge in [-0.25, -0.2) is 0 Å². The fourth-order valence-corrected chi connectivity index (χ4v) is 3.82. The van der Waals surface area contributed by atoms with Crippen LogP contribution in [0.3, 0.4) is 0 Å². The Morgan fingerprint density at radius 2 is 1.42 bits per heavy atom. The van der Waals surface area contributed by atoms with Crippen molar-refractivity contribution in [1.82, 2.24) is 10.2 Å². The molecule has 1 atom stereocenters. The summed E-state index contributed by atoms with van der Waals surface area (Å²) in [5.74, 6) is -0.144. The molecular formula is C29H34N2O2. The van der Waals surface area contributed by atoms with E-state index in [1.807, 2.05) is 91.9 Å². The van der Waals surface area contributed by atoms with E-state index in [4.69, 9.17) is 0 Å². The van der Waals surface area contributed by atoms with Gasteiger partial charge in [-0.3, -0.25) is 9.59 Å². The molecule has 3 rings (SSSR count). The lowest BCUT2D eigenvalue weighted by atomic mass is 10.0. The van der Waals surface area contributed by atoms with Gasteiger partial charge in [-0.1, -0.05) is 104 Å². The van der Waals surface area contributed by atoms with Gasteiger partial charge in [0, 0.05) is 19.5 Å². The largest absolute Gasteiger partial charge is 0.354 e. The number of carbonyl (C=O) groups is 2. The Morgan fingerprint density at radius 3 is 2.03 bits per heavy atom. The molecule has 0 aliphatic rings. The Morgan fingerprint density at radius 1 is 0.818 bits per heavy atom. The first-order valence-electron chi connectivity index (χ1n) is 11.8. The number of nitrogens with one attached hydrogen (secondary N) is 1. The van der Waals surface area contributed by atoms with Crippen LogP contribution in [0.1, 0.15) is 42.0 Å². The number of rotatable bonds is 11. The third kappa shape index (κ3) is 7.60. The molecule has 172 valence electrons. The van der Waals surface area contributed by atoms with Crippen LogP contribution in [0.25, 0.3) is 0 Å². The number of hydrogen-bond acceptors (Lipinski definition) is 2. The predicted molar refractivity (Wildman–Crippen MR) is 134 cm³/mol. The lowest BCUT2D eigenvalue weighted by Crippen LogP contribution is -2.51. The maximum absolute atomic E-state index is 13.6. The van der Waals surface area contributed by atoms with Crippen molar-refractivity contribution in [1.29, 1.82) is 0 Å². The van der Waals surface area contributed by atoms with E-state index in [2.05, 4.69) is 12.2 Å². The first-order chi connectivity index (χ1) is 16.1. The molecule has 1 N–H and O–H groups in total. The van der Waals surface area contributed by atoms with Gasteiger partial charge in [0.1, 0.15) is 6.04 Å². The molecule has 0 fully saturated rings. The van der Waals surface area contributed by atoms with Crippen LogP contribution in [0.5, 0.6) is 0 Å². The Kier molecular flexibility index (Phi) is 9.25. The van der Waals surface area contributed by atoms with E-state index in [9.17, 15) is 9.59 Å². The average Bonchev–Trinajstić information content (AvgIpc) is 2.84. The lowest BCUT2D eigenvalue weighted by molar-refractivity contribution is -0.140. The van der Waals surface area contributed by atoms with E-state index in [-0.39, 0.29) is 18.2 Å². The van der Waals surface area contributed by atoms with Gasteiger partial charge in [0.15, 0.2) is 0 Å². The predicted octanol–water partition coefficient (Wildman–Crippen LogP) is 5.09. The molecule has 0 heterocycles. The zero-order chi connectivity index (χ0) is 23.5. The van der Waals surface area contributed by atoms with Crippen molar-refractivity contribution in [2.24, 2.45) is 0 Å². The zero-order valence-electron chi connectivity index (χ0n) is 19.7. The number of carbonyl (C=O) groups excluding carboxylic acids is 2. The topological polar surface area (TPSA) is 49.4 Å². The maximum Gasteiger partial charge on any atom is 0.243 e. The second kappa shape index (κ2) is 12.6. The summed E-state index contributed by atoms with van der Waals surface area (Å²) in [6, 6.07) is 27.2. The molecule has 0 saturated heterocycles. The Labute approximate surface area is 197 Å². The van der Waals surface area contributed by atoms with Gasteiger partial charge < -0.3 is 10.2 Å². The molecule has 0 radical (unpaired) electrons. The summed E-state index contributed by atoms with van der Waals surface area (Å²) in [7, 11) is 0. The molecule has 0 saturated carbocycles. The van der Waals surface area contributed by atoms with Gasteiger partial charge in [-0.2, -0.15) is 0 Å². The highest BCUT2D eigenvalue weighted by atomic mass is 16.2. The highest BCUT2D eigenvalue weighted by Gasteiger charge is 2.30. The van der Waals surface area contributed by atoms with Gasteiger partial charge in [-0.15, -0.1) is 0 Å². The molecule has 0 aromatic heterocycles. The fraction of sp³-hybridized carbons (Fsp3) is 0.310. The molecule has 3 aromatic rings. The minimum absolute atomic E-state index is 0.0478. The first kappa shape index (κ1) is 24.2. The van der Waals surface area contributed by atoms with E-state index in [0.717, 1.165) is 29.5 Å². The van der Waals surface area contributed by atoms with Crippen molar-refractivity contribution in [2.75, 3.05) is 6.54 Å². The molecule has 0 unspecified atom stereocenters. The van der Waals surface area contributed by atoms with Crippen molar-refractivity contribution in [3.05, 3.63) is 107 Å². The van der Waals surface area contributed by atoms with Gasteiger partial charge in [-0.05, 0) is 30.0 Å². The molecule has 0 aliphatic carbocycles. The second-order valence-electron chi connectivity index (χ2n) is 8.52. The zero-order valence-corrected chi connectivity index (χ0v) is 19.7. The summed E-state index contributed by atoms with van der Waals surface area (Å²) < 4.78 is 0. The highest BCUT2D eigenvalue weighted by molar-refractivity contribution is 5.88. The molecular weight excluding hydrogens is 408 g/mol.